The number of alkyl halides is 12. The van der Waals surface area contributed by atoms with Crippen LogP contribution in [0, 0.1) is 0 Å². The standard InChI is InChI=1S/C61H32F12N4O/c62-58(63,64)40-24-38(25-41(31-40)59(65,66)67)35-18-21-50-47(28-35)48-29-36(39-26-42(60(68,69)70)32-43(27-39)61(71,72)73)19-22-51(48)77(50)52-23-20-37(44-15-9-16-46-45-14-7-8-17-53(45)78-54(44)46)30-49(52)57-75-55(33-10-3-1-4-11-33)74-56(76-57)34-12-5-2-6-13-34/h1-32H. The Morgan fingerprint density at radius 2 is 0.744 bits per heavy atom. The molecule has 386 valence electrons. The molecule has 17 heteroatoms. The maximum atomic E-state index is 14.3. The second kappa shape index (κ2) is 18.2. The lowest BCUT2D eigenvalue weighted by Gasteiger charge is -2.17. The Morgan fingerprint density at radius 3 is 1.23 bits per heavy atom. The second-order valence-corrected chi connectivity index (χ2v) is 18.4. The maximum absolute atomic E-state index is 14.3. The SMILES string of the molecule is FC(F)(F)c1cc(-c2ccc3c(c2)c2cc(-c4cc(C(F)(F)F)cc(C(F)(F)F)c4)ccc2n3-c2ccc(-c3cccc4c3oc3ccccc34)cc2-c2nc(-c3ccccc3)nc(-c3ccccc3)n2)cc(C(F)(F)F)c1. The molecule has 0 bridgehead atoms. The zero-order chi connectivity index (χ0) is 54.5. The predicted molar refractivity (Wildman–Crippen MR) is 274 cm³/mol. The molecule has 3 aromatic heterocycles. The van der Waals surface area contributed by atoms with Crippen LogP contribution in [0.1, 0.15) is 22.3 Å². The first kappa shape index (κ1) is 49.6. The summed E-state index contributed by atoms with van der Waals surface area (Å²) in [5.74, 6) is 0.711. The molecule has 0 fully saturated rings. The van der Waals surface area contributed by atoms with Crippen LogP contribution in [0.4, 0.5) is 52.7 Å². The summed E-state index contributed by atoms with van der Waals surface area (Å²) in [6.45, 7) is 0. The summed E-state index contributed by atoms with van der Waals surface area (Å²) in [4.78, 5) is 15.0. The lowest BCUT2D eigenvalue weighted by atomic mass is 9.96. The van der Waals surface area contributed by atoms with Crippen molar-refractivity contribution in [1.29, 1.82) is 0 Å². The molecule has 0 unspecified atom stereocenters. The van der Waals surface area contributed by atoms with Gasteiger partial charge in [0.05, 0.1) is 39.0 Å². The lowest BCUT2D eigenvalue weighted by Crippen LogP contribution is -2.11. The minimum atomic E-state index is -5.19. The van der Waals surface area contributed by atoms with Crippen molar-refractivity contribution < 1.29 is 57.1 Å². The van der Waals surface area contributed by atoms with Gasteiger partial charge in [-0.1, -0.05) is 115 Å². The van der Waals surface area contributed by atoms with Crippen LogP contribution in [0.2, 0.25) is 0 Å². The van der Waals surface area contributed by atoms with E-state index in [1.54, 1.807) is 16.7 Å². The van der Waals surface area contributed by atoms with Gasteiger partial charge >= 0.3 is 24.7 Å². The minimum absolute atomic E-state index is 0.00209. The smallest absolute Gasteiger partial charge is 0.416 e. The van der Waals surface area contributed by atoms with Crippen LogP contribution in [-0.4, -0.2) is 19.5 Å². The van der Waals surface area contributed by atoms with E-state index in [0.717, 1.165) is 10.8 Å². The van der Waals surface area contributed by atoms with Gasteiger partial charge in [-0.2, -0.15) is 52.7 Å². The summed E-state index contributed by atoms with van der Waals surface area (Å²) < 4.78 is 179. The molecule has 0 amide bonds. The first-order chi connectivity index (χ1) is 37.2. The highest BCUT2D eigenvalue weighted by Gasteiger charge is 2.39. The summed E-state index contributed by atoms with van der Waals surface area (Å²) in [5, 5.41) is 2.01. The van der Waals surface area contributed by atoms with Crippen molar-refractivity contribution in [3.63, 3.8) is 0 Å². The van der Waals surface area contributed by atoms with Crippen molar-refractivity contribution in [2.45, 2.75) is 24.7 Å². The number of nitrogens with zero attached hydrogens (tertiary/aromatic N) is 4. The van der Waals surface area contributed by atoms with Crippen molar-refractivity contribution in [2.75, 3.05) is 0 Å². The number of rotatable bonds is 7. The molecule has 0 aliphatic heterocycles. The predicted octanol–water partition coefficient (Wildman–Crippen LogP) is 18.9. The molecule has 0 spiro atoms. The van der Waals surface area contributed by atoms with Gasteiger partial charge in [0.15, 0.2) is 17.5 Å². The molecule has 12 rings (SSSR count). The number of halogens is 12. The summed E-state index contributed by atoms with van der Waals surface area (Å²) in [6, 6.07) is 47.3. The first-order valence-corrected chi connectivity index (χ1v) is 23.8. The van der Waals surface area contributed by atoms with Gasteiger partial charge in [-0.25, -0.2) is 15.0 Å². The van der Waals surface area contributed by atoms with Crippen molar-refractivity contribution in [3.05, 3.63) is 216 Å². The number of furan rings is 1. The summed E-state index contributed by atoms with van der Waals surface area (Å²) >= 11 is 0. The molecule has 0 radical (unpaired) electrons. The number of benzene rings is 9. The normalized spacial score (nSPS) is 12.6. The zero-order valence-electron chi connectivity index (χ0n) is 39.7. The molecule has 0 atom stereocenters. The van der Waals surface area contributed by atoms with E-state index in [1.807, 2.05) is 109 Å². The molecule has 0 saturated heterocycles. The molecule has 5 nitrogen and oxygen atoms in total. The monoisotopic (exact) mass is 1060 g/mol. The minimum Gasteiger partial charge on any atom is -0.455 e. The lowest BCUT2D eigenvalue weighted by molar-refractivity contribution is -0.144. The summed E-state index contributed by atoms with van der Waals surface area (Å²) in [6.07, 6.45) is -20.8. The van der Waals surface area contributed by atoms with Gasteiger partial charge in [-0.15, -0.1) is 0 Å². The highest BCUT2D eigenvalue weighted by atomic mass is 19.4. The van der Waals surface area contributed by atoms with Crippen LogP contribution in [-0.2, 0) is 24.7 Å². The molecule has 0 aliphatic carbocycles. The Kier molecular flexibility index (Phi) is 11.6. The molecular weight excluding hydrogens is 1030 g/mol. The fourth-order valence-electron chi connectivity index (χ4n) is 9.87. The van der Waals surface area contributed by atoms with Crippen molar-refractivity contribution in [2.24, 2.45) is 0 Å². The van der Waals surface area contributed by atoms with Crippen LogP contribution in [0.25, 0.3) is 117 Å². The Labute approximate surface area is 433 Å². The van der Waals surface area contributed by atoms with E-state index >= 15 is 0 Å². The molecule has 78 heavy (non-hydrogen) atoms. The van der Waals surface area contributed by atoms with Gasteiger partial charge in [0.1, 0.15) is 11.2 Å². The van der Waals surface area contributed by atoms with Gasteiger partial charge < -0.3 is 8.98 Å². The van der Waals surface area contributed by atoms with Gasteiger partial charge in [0.2, 0.25) is 0 Å². The fourth-order valence-corrected chi connectivity index (χ4v) is 9.87. The van der Waals surface area contributed by atoms with Gasteiger partial charge in [-0.05, 0) is 107 Å². The molecule has 9 aromatic carbocycles. The van der Waals surface area contributed by atoms with Crippen LogP contribution in [0.5, 0.6) is 0 Å². The third kappa shape index (κ3) is 9.03. The van der Waals surface area contributed by atoms with E-state index in [0.29, 0.717) is 68.9 Å². The van der Waals surface area contributed by atoms with E-state index in [-0.39, 0.29) is 62.5 Å². The van der Waals surface area contributed by atoms with E-state index in [9.17, 15) is 52.7 Å². The van der Waals surface area contributed by atoms with Gasteiger partial charge in [-0.3, -0.25) is 0 Å². The van der Waals surface area contributed by atoms with Crippen molar-refractivity contribution in [3.8, 4) is 73.2 Å². The largest absolute Gasteiger partial charge is 0.455 e. The Hall–Kier alpha value is -9.25. The van der Waals surface area contributed by atoms with E-state index < -0.39 is 58.1 Å². The third-order valence-corrected chi connectivity index (χ3v) is 13.5. The number of aromatic nitrogens is 4. The van der Waals surface area contributed by atoms with Crippen LogP contribution < -0.4 is 0 Å². The first-order valence-electron chi connectivity index (χ1n) is 23.8. The van der Waals surface area contributed by atoms with E-state index in [1.165, 1.54) is 36.4 Å². The Morgan fingerprint density at radius 1 is 0.308 bits per heavy atom. The molecule has 0 N–H and O–H groups in total. The molecule has 12 aromatic rings. The molecule has 0 saturated carbocycles. The third-order valence-electron chi connectivity index (χ3n) is 13.5. The highest BCUT2D eigenvalue weighted by molar-refractivity contribution is 6.13. The topological polar surface area (TPSA) is 56.7 Å². The molecule has 0 aliphatic rings. The van der Waals surface area contributed by atoms with Crippen molar-refractivity contribution >= 4 is 43.7 Å². The number of hydrogen-bond acceptors (Lipinski definition) is 4. The average Bonchev–Trinajstić information content (AvgIpc) is 4.17. The van der Waals surface area contributed by atoms with Gasteiger partial charge in [0.25, 0.3) is 0 Å². The second-order valence-electron chi connectivity index (χ2n) is 18.4. The summed E-state index contributed by atoms with van der Waals surface area (Å²) in [5.41, 5.74) is -2.44. The number of para-hydroxylation sites is 2. The fraction of sp³-hybridized carbons (Fsp3) is 0.0656. The summed E-state index contributed by atoms with van der Waals surface area (Å²) in [7, 11) is 0. The van der Waals surface area contributed by atoms with E-state index in [4.69, 9.17) is 19.4 Å². The Bertz CT molecular complexity index is 4070. The highest BCUT2D eigenvalue weighted by Crippen LogP contribution is 2.46. The number of hydrogen-bond donors (Lipinski definition) is 0. The van der Waals surface area contributed by atoms with E-state index in [2.05, 4.69) is 0 Å². The van der Waals surface area contributed by atoms with Gasteiger partial charge in [0, 0.05) is 43.8 Å². The molecular formula is C61H32F12N4O. The zero-order valence-corrected chi connectivity index (χ0v) is 39.7. The quantitative estimate of drug-likeness (QED) is 0.149. The Balaban J connectivity index is 1.17. The van der Waals surface area contributed by atoms with Crippen molar-refractivity contribution in [1.82, 2.24) is 19.5 Å². The number of fused-ring (bicyclic) bond motifs is 6. The maximum Gasteiger partial charge on any atom is 0.416 e. The van der Waals surface area contributed by atoms with Crippen LogP contribution in [0.15, 0.2) is 199 Å². The van der Waals surface area contributed by atoms with Crippen LogP contribution >= 0.6 is 0 Å². The average molecular weight is 1060 g/mol. The molecule has 3 heterocycles. The van der Waals surface area contributed by atoms with Crippen LogP contribution in [0.3, 0.4) is 0 Å².